The molecule has 2 aromatic rings. The highest BCUT2D eigenvalue weighted by Crippen LogP contribution is 2.36. The fourth-order valence-corrected chi connectivity index (χ4v) is 5.61. The molecular formula is C24H29N3O2. The van der Waals surface area contributed by atoms with E-state index in [0.717, 1.165) is 35.2 Å². The zero-order valence-corrected chi connectivity index (χ0v) is 17.1. The third-order valence-corrected chi connectivity index (χ3v) is 7.28. The van der Waals surface area contributed by atoms with Gasteiger partial charge in [-0.25, -0.2) is 9.69 Å². The number of piperidine rings is 1. The quantitative estimate of drug-likeness (QED) is 0.797. The van der Waals surface area contributed by atoms with Crippen molar-refractivity contribution in [2.24, 2.45) is 5.92 Å². The van der Waals surface area contributed by atoms with Crippen LogP contribution in [0.3, 0.4) is 0 Å². The summed E-state index contributed by atoms with van der Waals surface area (Å²) in [6, 6.07) is 14.3. The summed E-state index contributed by atoms with van der Waals surface area (Å²) in [4.78, 5) is 30.1. The maximum absolute atomic E-state index is 13.4. The molecule has 2 aromatic carbocycles. The number of hydrogen-bond donors (Lipinski definition) is 1. The highest BCUT2D eigenvalue weighted by atomic mass is 16.2. The van der Waals surface area contributed by atoms with Crippen LogP contribution in [0, 0.1) is 5.92 Å². The number of urea groups is 1. The summed E-state index contributed by atoms with van der Waals surface area (Å²) in [5, 5.41) is 5.19. The normalized spacial score (nSPS) is 30.4. The summed E-state index contributed by atoms with van der Waals surface area (Å²) in [6.45, 7) is 3.22. The van der Waals surface area contributed by atoms with E-state index in [9.17, 15) is 9.59 Å². The van der Waals surface area contributed by atoms with Gasteiger partial charge in [0, 0.05) is 12.6 Å². The molecule has 1 N–H and O–H groups in total. The maximum atomic E-state index is 13.4. The van der Waals surface area contributed by atoms with Gasteiger partial charge in [0.05, 0.1) is 6.67 Å². The van der Waals surface area contributed by atoms with E-state index in [1.807, 2.05) is 43.3 Å². The first-order valence-electron chi connectivity index (χ1n) is 10.9. The van der Waals surface area contributed by atoms with E-state index in [1.54, 1.807) is 0 Å². The molecule has 2 aliphatic heterocycles. The minimum Gasteiger partial charge on any atom is -0.319 e. The molecule has 5 heteroatoms. The average molecular weight is 392 g/mol. The van der Waals surface area contributed by atoms with Gasteiger partial charge in [0.1, 0.15) is 5.54 Å². The van der Waals surface area contributed by atoms with E-state index in [4.69, 9.17) is 0 Å². The Morgan fingerprint density at radius 3 is 2.62 bits per heavy atom. The predicted molar refractivity (Wildman–Crippen MR) is 113 cm³/mol. The Balaban J connectivity index is 1.40. The number of imide groups is 1. The molecule has 2 saturated heterocycles. The van der Waals surface area contributed by atoms with Crippen LogP contribution in [0.5, 0.6) is 0 Å². The van der Waals surface area contributed by atoms with E-state index in [-0.39, 0.29) is 11.9 Å². The molecule has 152 valence electrons. The first kappa shape index (κ1) is 18.6. The molecule has 3 atom stereocenters. The molecule has 29 heavy (non-hydrogen) atoms. The number of benzene rings is 2. The lowest BCUT2D eigenvalue weighted by molar-refractivity contribution is -0.133. The molecule has 5 rings (SSSR count). The predicted octanol–water partition coefficient (Wildman–Crippen LogP) is 4.22. The van der Waals surface area contributed by atoms with Crippen molar-refractivity contribution in [2.45, 2.75) is 57.0 Å². The molecule has 5 nitrogen and oxygen atoms in total. The van der Waals surface area contributed by atoms with Gasteiger partial charge in [-0.1, -0.05) is 49.2 Å². The largest absolute Gasteiger partial charge is 0.326 e. The molecule has 0 radical (unpaired) electrons. The number of carbonyl (C=O) groups is 2. The van der Waals surface area contributed by atoms with Gasteiger partial charge >= 0.3 is 6.03 Å². The second kappa shape index (κ2) is 7.13. The van der Waals surface area contributed by atoms with Crippen LogP contribution < -0.4 is 5.32 Å². The SMILES string of the molecule is CC1(c2ccc3ccccc3c2)NC(=O)N(CN2CCCC3CCCCC32)C1=O. The van der Waals surface area contributed by atoms with Crippen molar-refractivity contribution in [3.8, 4) is 0 Å². The van der Waals surface area contributed by atoms with Crippen LogP contribution in [0.15, 0.2) is 42.5 Å². The number of fused-ring (bicyclic) bond motifs is 2. The Kier molecular flexibility index (Phi) is 4.58. The third-order valence-electron chi connectivity index (χ3n) is 7.28. The topological polar surface area (TPSA) is 52.7 Å². The minimum absolute atomic E-state index is 0.143. The Labute approximate surface area is 172 Å². The van der Waals surface area contributed by atoms with E-state index >= 15 is 0 Å². The number of likely N-dealkylation sites (tertiary alicyclic amines) is 1. The Morgan fingerprint density at radius 2 is 1.76 bits per heavy atom. The van der Waals surface area contributed by atoms with Crippen molar-refractivity contribution in [3.05, 3.63) is 48.0 Å². The molecule has 3 aliphatic rings. The number of nitrogens with one attached hydrogen (secondary N) is 1. The fourth-order valence-electron chi connectivity index (χ4n) is 5.61. The number of amides is 3. The van der Waals surface area contributed by atoms with Crippen LogP contribution >= 0.6 is 0 Å². The molecule has 2 heterocycles. The number of carbonyl (C=O) groups excluding carboxylic acids is 2. The Bertz CT molecular complexity index is 956. The summed E-state index contributed by atoms with van der Waals surface area (Å²) in [7, 11) is 0. The number of hydrogen-bond acceptors (Lipinski definition) is 3. The van der Waals surface area contributed by atoms with Crippen LogP contribution in [-0.2, 0) is 10.3 Å². The monoisotopic (exact) mass is 391 g/mol. The molecule has 1 saturated carbocycles. The summed E-state index contributed by atoms with van der Waals surface area (Å²) < 4.78 is 0. The van der Waals surface area contributed by atoms with Crippen molar-refractivity contribution in [1.82, 2.24) is 15.1 Å². The van der Waals surface area contributed by atoms with Crippen molar-refractivity contribution in [2.75, 3.05) is 13.2 Å². The van der Waals surface area contributed by atoms with Gasteiger partial charge in [-0.2, -0.15) is 0 Å². The standard InChI is InChI=1S/C24H29N3O2/c1-24(20-13-12-17-7-2-3-9-19(17)15-20)22(28)27(23(29)25-24)16-26-14-6-10-18-8-4-5-11-21(18)26/h2-3,7,9,12-13,15,18,21H,4-6,8,10-11,14,16H2,1H3,(H,25,29). The average Bonchev–Trinajstić information content (AvgIpc) is 2.97. The Morgan fingerprint density at radius 1 is 1.00 bits per heavy atom. The molecule has 3 unspecified atom stereocenters. The Hall–Kier alpha value is -2.40. The molecular weight excluding hydrogens is 362 g/mol. The second-order valence-corrected chi connectivity index (χ2v) is 9.06. The zero-order chi connectivity index (χ0) is 20.0. The van der Waals surface area contributed by atoms with Crippen LogP contribution in [0.25, 0.3) is 10.8 Å². The highest BCUT2D eigenvalue weighted by Gasteiger charge is 2.50. The van der Waals surface area contributed by atoms with Gasteiger partial charge in [-0.3, -0.25) is 9.69 Å². The molecule has 3 amide bonds. The smallest absolute Gasteiger partial charge is 0.319 e. The lowest BCUT2D eigenvalue weighted by Gasteiger charge is -2.45. The lowest BCUT2D eigenvalue weighted by atomic mass is 9.78. The van der Waals surface area contributed by atoms with Crippen molar-refractivity contribution >= 4 is 22.7 Å². The van der Waals surface area contributed by atoms with Crippen molar-refractivity contribution in [3.63, 3.8) is 0 Å². The van der Waals surface area contributed by atoms with Crippen LogP contribution in [0.4, 0.5) is 4.79 Å². The summed E-state index contributed by atoms with van der Waals surface area (Å²) in [6.07, 6.45) is 7.50. The summed E-state index contributed by atoms with van der Waals surface area (Å²) in [5.41, 5.74) is -0.172. The van der Waals surface area contributed by atoms with Crippen LogP contribution in [0.1, 0.15) is 51.0 Å². The van der Waals surface area contributed by atoms with Gasteiger partial charge < -0.3 is 5.32 Å². The van der Waals surface area contributed by atoms with E-state index in [2.05, 4.69) is 16.3 Å². The van der Waals surface area contributed by atoms with Gasteiger partial charge in [-0.05, 0) is 60.9 Å². The van der Waals surface area contributed by atoms with Gasteiger partial charge in [0.25, 0.3) is 5.91 Å². The third kappa shape index (κ3) is 3.12. The van der Waals surface area contributed by atoms with Crippen LogP contribution in [0.2, 0.25) is 0 Å². The molecule has 3 fully saturated rings. The van der Waals surface area contributed by atoms with Gasteiger partial charge in [0.15, 0.2) is 0 Å². The van der Waals surface area contributed by atoms with E-state index in [0.29, 0.717) is 12.7 Å². The van der Waals surface area contributed by atoms with Crippen molar-refractivity contribution < 1.29 is 9.59 Å². The second-order valence-electron chi connectivity index (χ2n) is 9.06. The number of rotatable bonds is 3. The molecule has 1 aliphatic carbocycles. The zero-order valence-electron chi connectivity index (χ0n) is 17.1. The first-order valence-corrected chi connectivity index (χ1v) is 10.9. The molecule has 0 aromatic heterocycles. The summed E-state index contributed by atoms with van der Waals surface area (Å²) >= 11 is 0. The lowest BCUT2D eigenvalue weighted by Crippen LogP contribution is -2.52. The first-order chi connectivity index (χ1) is 14.1. The molecule has 0 spiro atoms. The maximum Gasteiger partial charge on any atom is 0.326 e. The minimum atomic E-state index is -1.01. The molecule has 0 bridgehead atoms. The van der Waals surface area contributed by atoms with Gasteiger partial charge in [0.2, 0.25) is 0 Å². The van der Waals surface area contributed by atoms with Gasteiger partial charge in [-0.15, -0.1) is 0 Å². The van der Waals surface area contributed by atoms with Crippen molar-refractivity contribution in [1.29, 1.82) is 0 Å². The van der Waals surface area contributed by atoms with Crippen LogP contribution in [-0.4, -0.2) is 41.0 Å². The number of nitrogens with zero attached hydrogens (tertiary/aromatic N) is 2. The van der Waals surface area contributed by atoms with E-state index < -0.39 is 5.54 Å². The highest BCUT2D eigenvalue weighted by molar-refractivity contribution is 6.07. The van der Waals surface area contributed by atoms with E-state index in [1.165, 1.54) is 37.0 Å². The fraction of sp³-hybridized carbons (Fsp3) is 0.500. The summed E-state index contributed by atoms with van der Waals surface area (Å²) in [5.74, 6) is 0.584.